The van der Waals surface area contributed by atoms with Crippen LogP contribution in [0, 0.1) is 6.92 Å². The summed E-state index contributed by atoms with van der Waals surface area (Å²) in [5.41, 5.74) is 12.5. The minimum atomic E-state index is -0.00214. The van der Waals surface area contributed by atoms with Gasteiger partial charge in [-0.2, -0.15) is 0 Å². The third kappa shape index (κ3) is 5.59. The minimum absolute atomic E-state index is 0.00214. The lowest BCUT2D eigenvalue weighted by Crippen LogP contribution is -2.11. The molecule has 234 valence electrons. The summed E-state index contributed by atoms with van der Waals surface area (Å²) in [6.45, 7) is 15.4. The molecule has 0 saturated heterocycles. The van der Waals surface area contributed by atoms with Gasteiger partial charge in [-0.1, -0.05) is 96.1 Å². The molecule has 2 heterocycles. The van der Waals surface area contributed by atoms with E-state index in [9.17, 15) is 5.11 Å². The second kappa shape index (κ2) is 11.2. The highest BCUT2D eigenvalue weighted by Gasteiger charge is 2.22. The van der Waals surface area contributed by atoms with Crippen molar-refractivity contribution in [2.24, 2.45) is 0 Å². The number of hydrogen-bond donors (Lipinski definition) is 1. The molecule has 0 spiro atoms. The van der Waals surface area contributed by atoms with Crippen LogP contribution in [0.25, 0.3) is 61.3 Å². The first-order valence-corrected chi connectivity index (χ1v) is 16.3. The fourth-order valence-corrected chi connectivity index (χ4v) is 6.42. The lowest BCUT2D eigenvalue weighted by Gasteiger charge is -2.21. The van der Waals surface area contributed by atoms with Gasteiger partial charge in [0, 0.05) is 28.4 Å². The number of hydrogen-bond acceptors (Lipinski definition) is 3. The standard InChI is InChI=1S/C43H41N3O/c1-27-16-21-35(38(47)23-27)41-45-40-34(14-9-15-37(40)46(41)33-19-17-31(18-20-33)42(2,3)4)28-11-8-12-29(24-28)36-26-32(43(5,6)7)25-30-13-10-22-44-39(30)36/h8-26,47H,1-7H3. The number of aromatic hydroxyl groups is 1. The van der Waals surface area contributed by atoms with Gasteiger partial charge in [-0.3, -0.25) is 9.55 Å². The van der Waals surface area contributed by atoms with E-state index in [1.165, 1.54) is 11.1 Å². The molecular weight excluding hydrogens is 574 g/mol. The highest BCUT2D eigenvalue weighted by Crippen LogP contribution is 2.40. The third-order valence-electron chi connectivity index (χ3n) is 9.13. The Morgan fingerprint density at radius 1 is 0.596 bits per heavy atom. The maximum Gasteiger partial charge on any atom is 0.149 e. The van der Waals surface area contributed by atoms with E-state index >= 15 is 0 Å². The van der Waals surface area contributed by atoms with Crippen LogP contribution in [0.3, 0.4) is 0 Å². The van der Waals surface area contributed by atoms with Crippen molar-refractivity contribution in [3.05, 3.63) is 132 Å². The molecule has 0 saturated carbocycles. The van der Waals surface area contributed by atoms with Gasteiger partial charge >= 0.3 is 0 Å². The highest BCUT2D eigenvalue weighted by atomic mass is 16.3. The molecule has 1 N–H and O–H groups in total. The molecule has 47 heavy (non-hydrogen) atoms. The molecule has 0 bridgehead atoms. The number of aromatic nitrogens is 3. The van der Waals surface area contributed by atoms with Crippen LogP contribution in [-0.2, 0) is 10.8 Å². The van der Waals surface area contributed by atoms with E-state index in [1.54, 1.807) is 6.07 Å². The van der Waals surface area contributed by atoms with Crippen LogP contribution < -0.4 is 0 Å². The van der Waals surface area contributed by atoms with Crippen LogP contribution in [0.1, 0.15) is 58.2 Å². The fraction of sp³-hybridized carbons (Fsp3) is 0.209. The van der Waals surface area contributed by atoms with Crippen molar-refractivity contribution in [2.45, 2.75) is 59.3 Å². The van der Waals surface area contributed by atoms with Crippen LogP contribution in [0.15, 0.2) is 115 Å². The number of pyridine rings is 1. The number of aryl methyl sites for hydroxylation is 1. The number of benzene rings is 5. The van der Waals surface area contributed by atoms with Crippen molar-refractivity contribution in [2.75, 3.05) is 0 Å². The fourth-order valence-electron chi connectivity index (χ4n) is 6.42. The second-order valence-corrected chi connectivity index (χ2v) is 14.7. The summed E-state index contributed by atoms with van der Waals surface area (Å²) < 4.78 is 2.17. The molecule has 0 unspecified atom stereocenters. The van der Waals surface area contributed by atoms with Gasteiger partial charge in [0.05, 0.1) is 22.1 Å². The molecule has 0 radical (unpaired) electrons. The number of para-hydroxylation sites is 1. The molecule has 4 nitrogen and oxygen atoms in total. The highest BCUT2D eigenvalue weighted by molar-refractivity contribution is 5.99. The molecule has 0 aliphatic rings. The van der Waals surface area contributed by atoms with E-state index in [0.29, 0.717) is 11.4 Å². The summed E-state index contributed by atoms with van der Waals surface area (Å²) in [5.74, 6) is 0.923. The zero-order valence-corrected chi connectivity index (χ0v) is 28.3. The van der Waals surface area contributed by atoms with Crippen molar-refractivity contribution in [3.8, 4) is 45.1 Å². The van der Waals surface area contributed by atoms with Crippen molar-refractivity contribution < 1.29 is 5.11 Å². The summed E-state index contributed by atoms with van der Waals surface area (Å²) in [4.78, 5) is 10.1. The van der Waals surface area contributed by atoms with Crippen molar-refractivity contribution in [1.29, 1.82) is 0 Å². The van der Waals surface area contributed by atoms with Gasteiger partial charge in [-0.15, -0.1) is 0 Å². The number of phenols is 1. The number of rotatable bonds is 4. The number of phenolic OH excluding ortho intramolecular Hbond substituents is 1. The van der Waals surface area contributed by atoms with Crippen LogP contribution in [0.4, 0.5) is 0 Å². The van der Waals surface area contributed by atoms with Crippen molar-refractivity contribution in [1.82, 2.24) is 14.5 Å². The Bertz CT molecular complexity index is 2280. The van der Waals surface area contributed by atoms with Gasteiger partial charge in [0.1, 0.15) is 11.6 Å². The van der Waals surface area contributed by atoms with Crippen molar-refractivity contribution >= 4 is 21.9 Å². The van der Waals surface area contributed by atoms with Crippen LogP contribution >= 0.6 is 0 Å². The monoisotopic (exact) mass is 615 g/mol. The van der Waals surface area contributed by atoms with Gasteiger partial charge < -0.3 is 5.11 Å². The number of nitrogens with zero attached hydrogens (tertiary/aromatic N) is 3. The lowest BCUT2D eigenvalue weighted by molar-refractivity contribution is 0.476. The Morgan fingerprint density at radius 3 is 2.00 bits per heavy atom. The van der Waals surface area contributed by atoms with Gasteiger partial charge in [-0.25, -0.2) is 4.98 Å². The molecule has 4 heteroatoms. The zero-order valence-electron chi connectivity index (χ0n) is 28.3. The Morgan fingerprint density at radius 2 is 1.30 bits per heavy atom. The average Bonchev–Trinajstić information content (AvgIpc) is 3.43. The largest absolute Gasteiger partial charge is 0.507 e. The molecule has 0 fully saturated rings. The molecule has 0 atom stereocenters. The molecule has 7 aromatic rings. The Labute approximate surface area is 277 Å². The van der Waals surface area contributed by atoms with E-state index < -0.39 is 0 Å². The first-order valence-electron chi connectivity index (χ1n) is 16.3. The summed E-state index contributed by atoms with van der Waals surface area (Å²) in [6.07, 6.45) is 1.87. The topological polar surface area (TPSA) is 50.9 Å². The van der Waals surface area contributed by atoms with Crippen LogP contribution in [0.2, 0.25) is 0 Å². The normalized spacial score (nSPS) is 12.2. The van der Waals surface area contributed by atoms with E-state index in [0.717, 1.165) is 55.4 Å². The van der Waals surface area contributed by atoms with E-state index in [2.05, 4.69) is 131 Å². The van der Waals surface area contributed by atoms with Gasteiger partial charge in [0.25, 0.3) is 0 Å². The summed E-state index contributed by atoms with van der Waals surface area (Å²) in [5, 5.41) is 12.3. The van der Waals surface area contributed by atoms with Crippen LogP contribution in [-0.4, -0.2) is 19.6 Å². The first kappa shape index (κ1) is 30.4. The summed E-state index contributed by atoms with van der Waals surface area (Å²) in [7, 11) is 0. The van der Waals surface area contributed by atoms with E-state index in [-0.39, 0.29) is 16.6 Å². The van der Waals surface area contributed by atoms with Crippen molar-refractivity contribution in [3.63, 3.8) is 0 Å². The molecule has 0 aliphatic heterocycles. The number of fused-ring (bicyclic) bond motifs is 2. The Kier molecular flexibility index (Phi) is 7.28. The third-order valence-corrected chi connectivity index (χ3v) is 9.13. The Balaban J connectivity index is 1.45. The predicted molar refractivity (Wildman–Crippen MR) is 196 cm³/mol. The summed E-state index contributed by atoms with van der Waals surface area (Å²) >= 11 is 0. The Hall–Kier alpha value is -5.22. The lowest BCUT2D eigenvalue weighted by atomic mass is 9.84. The SMILES string of the molecule is Cc1ccc(-c2nc3c(-c4cccc(-c5cc(C(C)(C)C)cc6cccnc56)c4)cccc3n2-c2ccc(C(C)(C)C)cc2)c(O)c1. The molecule has 5 aromatic carbocycles. The smallest absolute Gasteiger partial charge is 0.149 e. The molecular formula is C43H41N3O. The number of imidazole rings is 1. The van der Waals surface area contributed by atoms with E-state index in [4.69, 9.17) is 9.97 Å². The molecule has 7 rings (SSSR count). The average molecular weight is 616 g/mol. The quantitative estimate of drug-likeness (QED) is 0.214. The van der Waals surface area contributed by atoms with Gasteiger partial charge in [-0.05, 0) is 100 Å². The summed E-state index contributed by atoms with van der Waals surface area (Å²) in [6, 6.07) is 38.3. The van der Waals surface area contributed by atoms with Gasteiger partial charge in [0.15, 0.2) is 0 Å². The molecule has 2 aromatic heterocycles. The molecule has 0 aliphatic carbocycles. The maximum atomic E-state index is 11.1. The van der Waals surface area contributed by atoms with Crippen LogP contribution in [0.5, 0.6) is 5.75 Å². The minimum Gasteiger partial charge on any atom is -0.507 e. The second-order valence-electron chi connectivity index (χ2n) is 14.7. The van der Waals surface area contributed by atoms with Gasteiger partial charge in [0.2, 0.25) is 0 Å². The zero-order chi connectivity index (χ0) is 33.1. The maximum absolute atomic E-state index is 11.1. The first-order chi connectivity index (χ1) is 22.4. The predicted octanol–water partition coefficient (Wildman–Crippen LogP) is 11.2. The molecule has 0 amide bonds. The van der Waals surface area contributed by atoms with E-state index in [1.807, 2.05) is 31.3 Å².